The predicted octanol–water partition coefficient (Wildman–Crippen LogP) is 3.78. The first-order chi connectivity index (χ1) is 11.8. The number of halogens is 4. The van der Waals surface area contributed by atoms with Crippen LogP contribution < -0.4 is 5.32 Å². The van der Waals surface area contributed by atoms with Crippen LogP contribution in [0.1, 0.15) is 13.3 Å². The molecule has 0 atom stereocenters. The zero-order chi connectivity index (χ0) is 18.4. The summed E-state index contributed by atoms with van der Waals surface area (Å²) >= 11 is 6.93. The molecule has 2 aromatic rings. The van der Waals surface area contributed by atoms with Crippen LogP contribution in [0.2, 0.25) is 5.02 Å². The molecule has 10 heteroatoms. The Morgan fingerprint density at radius 3 is 2.56 bits per heavy atom. The Morgan fingerprint density at radius 2 is 1.96 bits per heavy atom. The van der Waals surface area contributed by atoms with Crippen molar-refractivity contribution >= 4 is 29.3 Å². The van der Waals surface area contributed by atoms with Gasteiger partial charge in [-0.05, 0) is 30.7 Å². The van der Waals surface area contributed by atoms with Gasteiger partial charge in [0.15, 0.2) is 11.0 Å². The van der Waals surface area contributed by atoms with Gasteiger partial charge in [0.1, 0.15) is 6.54 Å². The molecule has 0 radical (unpaired) electrons. The van der Waals surface area contributed by atoms with Gasteiger partial charge in [-0.2, -0.15) is 13.2 Å². The van der Waals surface area contributed by atoms with Crippen molar-refractivity contribution in [3.05, 3.63) is 29.3 Å². The van der Waals surface area contributed by atoms with Gasteiger partial charge in [-0.25, -0.2) is 0 Å². The number of nitrogens with zero attached hydrogens (tertiary/aromatic N) is 3. The maximum absolute atomic E-state index is 12.1. The lowest BCUT2D eigenvalue weighted by Gasteiger charge is -2.10. The first-order valence-electron chi connectivity index (χ1n) is 7.45. The van der Waals surface area contributed by atoms with Crippen molar-refractivity contribution in [2.45, 2.75) is 31.2 Å². The van der Waals surface area contributed by atoms with E-state index in [4.69, 9.17) is 11.6 Å². The van der Waals surface area contributed by atoms with Crippen LogP contribution in [-0.2, 0) is 11.3 Å². The summed E-state index contributed by atoms with van der Waals surface area (Å²) in [6.07, 6.45) is -3.61. The second kappa shape index (κ2) is 8.57. The summed E-state index contributed by atoms with van der Waals surface area (Å²) < 4.78 is 38.2. The van der Waals surface area contributed by atoms with Crippen LogP contribution in [0.3, 0.4) is 0 Å². The standard InChI is InChI=1S/C15H16ClF3N4OS/c1-2-7-23-13(10-3-5-11(16)6-4-10)21-22-14(23)25-8-12(24)20-9-15(17,18)19/h3-6H,2,7-9H2,1H3,(H,20,24). The van der Waals surface area contributed by atoms with Crippen molar-refractivity contribution in [3.63, 3.8) is 0 Å². The number of aromatic nitrogens is 3. The van der Waals surface area contributed by atoms with Crippen molar-refractivity contribution in [3.8, 4) is 11.4 Å². The van der Waals surface area contributed by atoms with Crippen molar-refractivity contribution in [2.75, 3.05) is 12.3 Å². The van der Waals surface area contributed by atoms with E-state index in [1.165, 1.54) is 0 Å². The van der Waals surface area contributed by atoms with Crippen molar-refractivity contribution in [1.82, 2.24) is 20.1 Å². The van der Waals surface area contributed by atoms with E-state index in [1.807, 2.05) is 28.9 Å². The molecule has 25 heavy (non-hydrogen) atoms. The number of carbonyl (C=O) groups excluding carboxylic acids is 1. The number of alkyl halides is 3. The molecule has 0 unspecified atom stereocenters. The lowest BCUT2D eigenvalue weighted by atomic mass is 10.2. The summed E-state index contributed by atoms with van der Waals surface area (Å²) in [4.78, 5) is 11.5. The van der Waals surface area contributed by atoms with E-state index in [-0.39, 0.29) is 5.75 Å². The number of carbonyl (C=O) groups is 1. The normalized spacial score (nSPS) is 11.6. The lowest BCUT2D eigenvalue weighted by Crippen LogP contribution is -2.34. The van der Waals surface area contributed by atoms with Crippen LogP contribution >= 0.6 is 23.4 Å². The van der Waals surface area contributed by atoms with Gasteiger partial charge in [-0.1, -0.05) is 30.3 Å². The molecule has 0 aliphatic carbocycles. The molecule has 0 saturated carbocycles. The number of hydrogen-bond acceptors (Lipinski definition) is 4. The first-order valence-corrected chi connectivity index (χ1v) is 8.82. The highest BCUT2D eigenvalue weighted by molar-refractivity contribution is 7.99. The summed E-state index contributed by atoms with van der Waals surface area (Å²) in [6, 6.07) is 7.09. The molecule has 1 amide bonds. The average molecular weight is 393 g/mol. The fourth-order valence-electron chi connectivity index (χ4n) is 2.01. The molecule has 2 rings (SSSR count). The van der Waals surface area contributed by atoms with Crippen LogP contribution in [0.15, 0.2) is 29.4 Å². The van der Waals surface area contributed by atoms with E-state index in [2.05, 4.69) is 10.2 Å². The van der Waals surface area contributed by atoms with E-state index >= 15 is 0 Å². The molecule has 0 saturated heterocycles. The van der Waals surface area contributed by atoms with E-state index < -0.39 is 18.6 Å². The zero-order valence-corrected chi connectivity index (χ0v) is 14.9. The van der Waals surface area contributed by atoms with E-state index in [0.717, 1.165) is 23.7 Å². The van der Waals surface area contributed by atoms with Gasteiger partial charge in [0.2, 0.25) is 5.91 Å². The van der Waals surface area contributed by atoms with Gasteiger partial charge < -0.3 is 9.88 Å². The minimum Gasteiger partial charge on any atom is -0.346 e. The third-order valence-corrected chi connectivity index (χ3v) is 4.30. The molecule has 0 spiro atoms. The first kappa shape index (κ1) is 19.6. The number of nitrogens with one attached hydrogen (secondary N) is 1. The second-order valence-corrected chi connectivity index (χ2v) is 6.52. The number of benzene rings is 1. The third kappa shape index (κ3) is 5.93. The Morgan fingerprint density at radius 1 is 1.28 bits per heavy atom. The largest absolute Gasteiger partial charge is 0.405 e. The Balaban J connectivity index is 2.08. The molecule has 0 aliphatic heterocycles. The summed E-state index contributed by atoms with van der Waals surface area (Å²) in [5.74, 6) is -0.253. The predicted molar refractivity (Wildman–Crippen MR) is 90.5 cm³/mol. The molecule has 1 N–H and O–H groups in total. The van der Waals surface area contributed by atoms with E-state index in [1.54, 1.807) is 12.1 Å². The number of rotatable bonds is 7. The molecular weight excluding hydrogens is 377 g/mol. The van der Waals surface area contributed by atoms with Gasteiger partial charge >= 0.3 is 6.18 Å². The number of amides is 1. The second-order valence-electron chi connectivity index (χ2n) is 5.15. The molecule has 0 aliphatic rings. The maximum Gasteiger partial charge on any atom is 0.405 e. The van der Waals surface area contributed by atoms with Gasteiger partial charge in [0.05, 0.1) is 5.75 Å². The van der Waals surface area contributed by atoms with Crippen LogP contribution in [0.4, 0.5) is 13.2 Å². The molecular formula is C15H16ClF3N4OS. The third-order valence-electron chi connectivity index (χ3n) is 3.08. The van der Waals surface area contributed by atoms with Crippen LogP contribution in [-0.4, -0.2) is 39.1 Å². The van der Waals surface area contributed by atoms with Gasteiger partial charge in [-0.3, -0.25) is 4.79 Å². The summed E-state index contributed by atoms with van der Waals surface area (Å²) in [6.45, 7) is 1.26. The van der Waals surface area contributed by atoms with Gasteiger partial charge in [0, 0.05) is 17.1 Å². The zero-order valence-electron chi connectivity index (χ0n) is 13.3. The Kier molecular flexibility index (Phi) is 6.71. The van der Waals surface area contributed by atoms with Crippen molar-refractivity contribution in [2.24, 2.45) is 0 Å². The summed E-state index contributed by atoms with van der Waals surface area (Å²) in [7, 11) is 0. The highest BCUT2D eigenvalue weighted by atomic mass is 35.5. The molecule has 1 heterocycles. The van der Waals surface area contributed by atoms with Crippen molar-refractivity contribution in [1.29, 1.82) is 0 Å². The maximum atomic E-state index is 12.1. The Hall–Kier alpha value is -1.74. The average Bonchev–Trinajstić information content (AvgIpc) is 2.94. The quantitative estimate of drug-likeness (QED) is 0.728. The van der Waals surface area contributed by atoms with Gasteiger partial charge in [-0.15, -0.1) is 10.2 Å². The fraction of sp³-hybridized carbons (Fsp3) is 0.400. The summed E-state index contributed by atoms with van der Waals surface area (Å²) in [5, 5.41) is 11.1. The molecule has 0 bridgehead atoms. The van der Waals surface area contributed by atoms with Crippen LogP contribution in [0.5, 0.6) is 0 Å². The number of thioether (sulfide) groups is 1. The van der Waals surface area contributed by atoms with Crippen molar-refractivity contribution < 1.29 is 18.0 Å². The molecule has 136 valence electrons. The van der Waals surface area contributed by atoms with E-state index in [9.17, 15) is 18.0 Å². The van der Waals surface area contributed by atoms with Gasteiger partial charge in [0.25, 0.3) is 0 Å². The highest BCUT2D eigenvalue weighted by Crippen LogP contribution is 2.25. The number of hydrogen-bond donors (Lipinski definition) is 1. The molecule has 0 fully saturated rings. The SMILES string of the molecule is CCCn1c(SCC(=O)NCC(F)(F)F)nnc1-c1ccc(Cl)cc1. The van der Waals surface area contributed by atoms with E-state index in [0.29, 0.717) is 22.5 Å². The van der Waals surface area contributed by atoms with Crippen LogP contribution in [0, 0.1) is 0 Å². The highest BCUT2D eigenvalue weighted by Gasteiger charge is 2.27. The molecule has 5 nitrogen and oxygen atoms in total. The molecule has 1 aromatic carbocycles. The monoisotopic (exact) mass is 392 g/mol. The summed E-state index contributed by atoms with van der Waals surface area (Å²) in [5.41, 5.74) is 0.818. The smallest absolute Gasteiger partial charge is 0.346 e. The minimum atomic E-state index is -4.43. The fourth-order valence-corrected chi connectivity index (χ4v) is 2.93. The lowest BCUT2D eigenvalue weighted by molar-refractivity contribution is -0.136. The molecule has 1 aromatic heterocycles. The topological polar surface area (TPSA) is 59.8 Å². The minimum absolute atomic E-state index is 0.168. The van der Waals surface area contributed by atoms with Crippen LogP contribution in [0.25, 0.3) is 11.4 Å². The Labute approximate surface area is 152 Å². The Bertz CT molecular complexity index is 719.